The average molecular weight is 240 g/mol. The molecular formula is C13H24N2S. The van der Waals surface area contributed by atoms with Gasteiger partial charge in [0.05, 0.1) is 5.01 Å². The Kier molecular flexibility index (Phi) is 4.93. The molecular weight excluding hydrogens is 216 g/mol. The van der Waals surface area contributed by atoms with E-state index < -0.39 is 0 Å². The predicted molar refractivity (Wildman–Crippen MR) is 72.0 cm³/mol. The lowest BCUT2D eigenvalue weighted by molar-refractivity contribution is 0.335. The summed E-state index contributed by atoms with van der Waals surface area (Å²) in [5, 5.41) is 4.72. The Hall–Kier alpha value is -0.410. The van der Waals surface area contributed by atoms with Crippen molar-refractivity contribution in [3.8, 4) is 0 Å². The Morgan fingerprint density at radius 2 is 2.12 bits per heavy atom. The molecule has 0 bridgehead atoms. The maximum absolute atomic E-state index is 4.34. The summed E-state index contributed by atoms with van der Waals surface area (Å²) in [5.41, 5.74) is 0.410. The van der Waals surface area contributed by atoms with Crippen LogP contribution in [0.5, 0.6) is 0 Å². The zero-order chi connectivity index (χ0) is 12.2. The quantitative estimate of drug-likeness (QED) is 0.843. The highest BCUT2D eigenvalue weighted by molar-refractivity contribution is 7.11. The van der Waals surface area contributed by atoms with E-state index in [1.807, 2.05) is 17.5 Å². The van der Waals surface area contributed by atoms with Crippen molar-refractivity contribution in [3.63, 3.8) is 0 Å². The zero-order valence-electron chi connectivity index (χ0n) is 11.1. The first-order valence-corrected chi connectivity index (χ1v) is 6.90. The van der Waals surface area contributed by atoms with Crippen LogP contribution in [-0.4, -0.2) is 11.5 Å². The third-order valence-corrected chi connectivity index (χ3v) is 3.64. The molecule has 1 aromatic rings. The lowest BCUT2D eigenvalue weighted by atomic mass is 9.88. The Morgan fingerprint density at radius 3 is 2.56 bits per heavy atom. The van der Waals surface area contributed by atoms with Gasteiger partial charge in [0.2, 0.25) is 0 Å². The van der Waals surface area contributed by atoms with Gasteiger partial charge in [0.15, 0.2) is 0 Å². The van der Waals surface area contributed by atoms with Crippen molar-refractivity contribution < 1.29 is 0 Å². The van der Waals surface area contributed by atoms with E-state index in [0.29, 0.717) is 11.5 Å². The number of aryl methyl sites for hydroxylation is 1. The van der Waals surface area contributed by atoms with Gasteiger partial charge in [0.1, 0.15) is 0 Å². The van der Waals surface area contributed by atoms with E-state index in [4.69, 9.17) is 0 Å². The number of nitrogens with zero attached hydrogens (tertiary/aromatic N) is 1. The summed E-state index contributed by atoms with van der Waals surface area (Å²) in [5.74, 6) is 0. The molecule has 0 amide bonds. The van der Waals surface area contributed by atoms with Gasteiger partial charge in [-0.3, -0.25) is 0 Å². The van der Waals surface area contributed by atoms with E-state index in [2.05, 4.69) is 44.9 Å². The zero-order valence-corrected chi connectivity index (χ0v) is 11.9. The number of thiazole rings is 1. The molecule has 0 aliphatic rings. The fraction of sp³-hybridized carbons (Fsp3) is 0.769. The van der Waals surface area contributed by atoms with E-state index in [1.54, 1.807) is 0 Å². The molecule has 16 heavy (non-hydrogen) atoms. The summed E-state index contributed by atoms with van der Waals surface area (Å²) in [4.78, 5) is 5.72. The van der Waals surface area contributed by atoms with Crippen LogP contribution in [-0.2, 0) is 0 Å². The summed E-state index contributed by atoms with van der Waals surface area (Å²) in [6, 6.07) is 0.482. The molecule has 0 saturated heterocycles. The SMILES string of the molecule is CCNC(CCC(C)(C)C)c1cnc(C)s1. The van der Waals surface area contributed by atoms with Crippen molar-refractivity contribution in [1.29, 1.82) is 0 Å². The van der Waals surface area contributed by atoms with Crippen LogP contribution in [0.15, 0.2) is 6.20 Å². The fourth-order valence-corrected chi connectivity index (χ4v) is 2.60. The second kappa shape index (κ2) is 5.78. The third kappa shape index (κ3) is 4.62. The number of aromatic nitrogens is 1. The molecule has 0 aliphatic carbocycles. The van der Waals surface area contributed by atoms with E-state index in [0.717, 1.165) is 11.6 Å². The summed E-state index contributed by atoms with van der Waals surface area (Å²) in [7, 11) is 0. The molecule has 0 radical (unpaired) electrons. The van der Waals surface area contributed by atoms with Crippen LogP contribution < -0.4 is 5.32 Å². The van der Waals surface area contributed by atoms with Crippen LogP contribution in [0.4, 0.5) is 0 Å². The summed E-state index contributed by atoms with van der Waals surface area (Å²) < 4.78 is 0. The molecule has 1 rings (SSSR count). The van der Waals surface area contributed by atoms with Crippen molar-refractivity contribution in [2.45, 2.75) is 53.5 Å². The highest BCUT2D eigenvalue weighted by atomic mass is 32.1. The van der Waals surface area contributed by atoms with Crippen LogP contribution in [0.2, 0.25) is 0 Å². The molecule has 1 N–H and O–H groups in total. The second-order valence-corrected chi connectivity index (χ2v) is 6.76. The van der Waals surface area contributed by atoms with Crippen molar-refractivity contribution in [2.75, 3.05) is 6.54 Å². The summed E-state index contributed by atoms with van der Waals surface area (Å²) in [6.45, 7) is 12.2. The molecule has 2 nitrogen and oxygen atoms in total. The number of hydrogen-bond acceptors (Lipinski definition) is 3. The summed E-state index contributed by atoms with van der Waals surface area (Å²) >= 11 is 1.81. The Labute approximate surface area is 103 Å². The molecule has 0 spiro atoms. The van der Waals surface area contributed by atoms with Crippen molar-refractivity contribution >= 4 is 11.3 Å². The summed E-state index contributed by atoms with van der Waals surface area (Å²) in [6.07, 6.45) is 4.45. The van der Waals surface area contributed by atoms with Crippen LogP contribution in [0.1, 0.15) is 56.5 Å². The normalized spacial score (nSPS) is 14.1. The van der Waals surface area contributed by atoms with Crippen LogP contribution >= 0.6 is 11.3 Å². The molecule has 1 atom stereocenters. The van der Waals surface area contributed by atoms with Gasteiger partial charge in [-0.25, -0.2) is 4.98 Å². The van der Waals surface area contributed by atoms with E-state index in [1.165, 1.54) is 17.7 Å². The first-order chi connectivity index (χ1) is 7.42. The largest absolute Gasteiger partial charge is 0.309 e. The average Bonchev–Trinajstić information content (AvgIpc) is 2.57. The van der Waals surface area contributed by atoms with Gasteiger partial charge in [-0.15, -0.1) is 11.3 Å². The molecule has 3 heteroatoms. The first kappa shape index (κ1) is 13.7. The minimum Gasteiger partial charge on any atom is -0.309 e. The standard InChI is InChI=1S/C13H24N2S/c1-6-14-11(7-8-13(3,4)5)12-9-15-10(2)16-12/h9,11,14H,6-8H2,1-5H3. The molecule has 92 valence electrons. The Balaban J connectivity index is 2.61. The van der Waals surface area contributed by atoms with Gasteiger partial charge in [-0.2, -0.15) is 0 Å². The molecule has 1 unspecified atom stereocenters. The molecule has 0 fully saturated rings. The van der Waals surface area contributed by atoms with Gasteiger partial charge in [0, 0.05) is 17.1 Å². The monoisotopic (exact) mass is 240 g/mol. The first-order valence-electron chi connectivity index (χ1n) is 6.08. The van der Waals surface area contributed by atoms with E-state index in [-0.39, 0.29) is 0 Å². The molecule has 0 aliphatic heterocycles. The van der Waals surface area contributed by atoms with Crippen molar-refractivity contribution in [2.24, 2.45) is 5.41 Å². The van der Waals surface area contributed by atoms with Crippen LogP contribution in [0.25, 0.3) is 0 Å². The topological polar surface area (TPSA) is 24.9 Å². The van der Waals surface area contributed by atoms with Gasteiger partial charge >= 0.3 is 0 Å². The molecule has 1 aromatic heterocycles. The maximum atomic E-state index is 4.34. The van der Waals surface area contributed by atoms with E-state index >= 15 is 0 Å². The van der Waals surface area contributed by atoms with Crippen molar-refractivity contribution in [3.05, 3.63) is 16.1 Å². The maximum Gasteiger partial charge on any atom is 0.0897 e. The highest BCUT2D eigenvalue weighted by Crippen LogP contribution is 2.29. The number of nitrogens with one attached hydrogen (secondary N) is 1. The number of hydrogen-bond donors (Lipinski definition) is 1. The van der Waals surface area contributed by atoms with Gasteiger partial charge in [-0.1, -0.05) is 27.7 Å². The number of rotatable bonds is 5. The molecule has 1 heterocycles. The lowest BCUT2D eigenvalue weighted by Gasteiger charge is -2.22. The van der Waals surface area contributed by atoms with Crippen LogP contribution in [0, 0.1) is 12.3 Å². The highest BCUT2D eigenvalue weighted by Gasteiger charge is 2.17. The van der Waals surface area contributed by atoms with Gasteiger partial charge in [-0.05, 0) is 31.7 Å². The second-order valence-electron chi connectivity index (χ2n) is 5.49. The lowest BCUT2D eigenvalue weighted by Crippen LogP contribution is -2.21. The molecule has 0 aromatic carbocycles. The Morgan fingerprint density at radius 1 is 1.44 bits per heavy atom. The van der Waals surface area contributed by atoms with Crippen molar-refractivity contribution in [1.82, 2.24) is 10.3 Å². The minimum atomic E-state index is 0.410. The van der Waals surface area contributed by atoms with Gasteiger partial charge in [0.25, 0.3) is 0 Å². The van der Waals surface area contributed by atoms with Gasteiger partial charge < -0.3 is 5.32 Å². The smallest absolute Gasteiger partial charge is 0.0897 e. The predicted octanol–water partition coefficient (Wildman–Crippen LogP) is 3.93. The minimum absolute atomic E-state index is 0.410. The fourth-order valence-electron chi connectivity index (χ4n) is 1.71. The van der Waals surface area contributed by atoms with Crippen LogP contribution in [0.3, 0.4) is 0 Å². The van der Waals surface area contributed by atoms with E-state index in [9.17, 15) is 0 Å². The molecule has 0 saturated carbocycles. The third-order valence-electron chi connectivity index (χ3n) is 2.62. The Bertz CT molecular complexity index is 312.